The number of benzene rings is 1. The largest absolute Gasteiger partial charge is 0.372 e. The molecule has 0 fully saturated rings. The van der Waals surface area contributed by atoms with Crippen molar-refractivity contribution in [2.75, 3.05) is 23.3 Å². The van der Waals surface area contributed by atoms with Crippen LogP contribution in [0, 0.1) is 19.8 Å². The highest BCUT2D eigenvalue weighted by molar-refractivity contribution is 5.95. The van der Waals surface area contributed by atoms with Crippen LogP contribution in [0.3, 0.4) is 0 Å². The molecular formula is C25H30N8O. The van der Waals surface area contributed by atoms with Crippen molar-refractivity contribution in [1.29, 1.82) is 0 Å². The third kappa shape index (κ3) is 4.68. The van der Waals surface area contributed by atoms with Crippen LogP contribution in [0.4, 0.5) is 17.1 Å². The van der Waals surface area contributed by atoms with Crippen molar-refractivity contribution in [3.8, 4) is 11.5 Å². The summed E-state index contributed by atoms with van der Waals surface area (Å²) in [5.41, 5.74) is 6.88. The summed E-state index contributed by atoms with van der Waals surface area (Å²) >= 11 is 0. The maximum absolute atomic E-state index is 10.9. The van der Waals surface area contributed by atoms with E-state index in [-0.39, 0.29) is 0 Å². The highest BCUT2D eigenvalue weighted by Crippen LogP contribution is 2.30. The molecule has 3 aromatic heterocycles. The molecule has 0 aliphatic rings. The minimum Gasteiger partial charge on any atom is -0.372 e. The van der Waals surface area contributed by atoms with Gasteiger partial charge in [0.2, 0.25) is 17.9 Å². The van der Waals surface area contributed by atoms with E-state index in [1.54, 1.807) is 10.7 Å². The van der Waals surface area contributed by atoms with Crippen molar-refractivity contribution in [1.82, 2.24) is 24.8 Å². The molecule has 9 heteroatoms. The van der Waals surface area contributed by atoms with Crippen LogP contribution in [0.15, 0.2) is 41.5 Å². The number of carbonyl (C=O) groups is 1. The molecule has 4 rings (SSSR count). The average Bonchev–Trinajstić information content (AvgIpc) is 3.37. The molecule has 0 unspecified atom stereocenters. The quantitative estimate of drug-likeness (QED) is 0.282. The number of nitrogens with zero attached hydrogens (tertiary/aromatic N) is 6. The van der Waals surface area contributed by atoms with Crippen molar-refractivity contribution in [2.24, 2.45) is 10.9 Å². The van der Waals surface area contributed by atoms with E-state index in [9.17, 15) is 4.79 Å². The second-order valence-electron chi connectivity index (χ2n) is 8.74. The molecule has 1 aromatic carbocycles. The second kappa shape index (κ2) is 9.86. The molecular weight excluding hydrogens is 428 g/mol. The Morgan fingerprint density at radius 1 is 1.21 bits per heavy atom. The number of aromatic amines is 1. The van der Waals surface area contributed by atoms with E-state index >= 15 is 0 Å². The number of rotatable bonds is 9. The molecule has 9 nitrogen and oxygen atoms in total. The van der Waals surface area contributed by atoms with Gasteiger partial charge < -0.3 is 10.2 Å². The van der Waals surface area contributed by atoms with Gasteiger partial charge in [-0.25, -0.2) is 9.51 Å². The van der Waals surface area contributed by atoms with Crippen LogP contribution in [-0.4, -0.2) is 50.5 Å². The van der Waals surface area contributed by atoms with E-state index in [0.717, 1.165) is 29.9 Å². The Hall–Kier alpha value is -4.01. The number of hydrogen-bond acceptors (Lipinski definition) is 6. The summed E-state index contributed by atoms with van der Waals surface area (Å²) in [5.74, 6) is 1.16. The number of hydrogen-bond donors (Lipinski definition) is 2. The molecule has 176 valence electrons. The lowest BCUT2D eigenvalue weighted by molar-refractivity contribution is -0.106. The Morgan fingerprint density at radius 2 is 2.03 bits per heavy atom. The van der Waals surface area contributed by atoms with Gasteiger partial charge in [-0.15, -0.1) is 10.2 Å². The van der Waals surface area contributed by atoms with Gasteiger partial charge in [-0.3, -0.25) is 14.9 Å². The molecule has 4 aromatic rings. The summed E-state index contributed by atoms with van der Waals surface area (Å²) in [6.45, 7) is 12.7. The van der Waals surface area contributed by atoms with Gasteiger partial charge in [-0.1, -0.05) is 13.8 Å². The predicted molar refractivity (Wildman–Crippen MR) is 136 cm³/mol. The van der Waals surface area contributed by atoms with Gasteiger partial charge in [-0.2, -0.15) is 0 Å². The molecule has 0 bridgehead atoms. The summed E-state index contributed by atoms with van der Waals surface area (Å²) in [6, 6.07) is 10.2. The van der Waals surface area contributed by atoms with Crippen LogP contribution in [0.25, 0.3) is 17.2 Å². The van der Waals surface area contributed by atoms with Crippen LogP contribution in [0.5, 0.6) is 0 Å². The zero-order valence-corrected chi connectivity index (χ0v) is 20.2. The molecule has 0 aliphatic carbocycles. The normalized spacial score (nSPS) is 11.6. The molecule has 0 saturated heterocycles. The zero-order valence-electron chi connectivity index (χ0n) is 20.2. The van der Waals surface area contributed by atoms with E-state index in [1.165, 1.54) is 11.9 Å². The second-order valence-corrected chi connectivity index (χ2v) is 8.74. The Balaban J connectivity index is 1.74. The lowest BCUT2D eigenvalue weighted by atomic mass is 10.1. The highest BCUT2D eigenvalue weighted by atomic mass is 16.1. The zero-order chi connectivity index (χ0) is 24.2. The number of aliphatic imine (C=N–C) groups is 1. The van der Waals surface area contributed by atoms with Gasteiger partial charge in [0, 0.05) is 30.7 Å². The van der Waals surface area contributed by atoms with E-state index in [0.29, 0.717) is 40.9 Å². The SMILES string of the molecule is CCN(CC(C)C)c1ccc(Nc2c(C=NC=O)[nH]n3c(-c4cc(C)ccn4)nnc23)c(C)c1. The molecule has 0 radical (unpaired) electrons. The molecule has 3 heterocycles. The first kappa shape index (κ1) is 23.2. The molecule has 0 saturated carbocycles. The minimum absolute atomic E-state index is 0.503. The number of H-pyrrole nitrogens is 1. The van der Waals surface area contributed by atoms with Crippen molar-refractivity contribution in [3.63, 3.8) is 0 Å². The maximum atomic E-state index is 10.9. The van der Waals surface area contributed by atoms with E-state index in [1.807, 2.05) is 19.1 Å². The summed E-state index contributed by atoms with van der Waals surface area (Å²) in [5, 5.41) is 15.5. The van der Waals surface area contributed by atoms with Crippen LogP contribution in [0.1, 0.15) is 37.6 Å². The third-order valence-corrected chi connectivity index (χ3v) is 5.60. The fourth-order valence-corrected chi connectivity index (χ4v) is 3.97. The average molecular weight is 459 g/mol. The fourth-order valence-electron chi connectivity index (χ4n) is 3.97. The monoisotopic (exact) mass is 458 g/mol. The van der Waals surface area contributed by atoms with Crippen molar-refractivity contribution in [2.45, 2.75) is 34.6 Å². The topological polar surface area (TPSA) is 104 Å². The summed E-state index contributed by atoms with van der Waals surface area (Å²) < 4.78 is 1.75. The number of carbonyl (C=O) groups excluding carboxylic acids is 1. The van der Waals surface area contributed by atoms with Gasteiger partial charge in [-0.05, 0) is 68.1 Å². The van der Waals surface area contributed by atoms with Gasteiger partial charge >= 0.3 is 0 Å². The molecule has 1 amide bonds. The minimum atomic E-state index is 0.503. The van der Waals surface area contributed by atoms with E-state index in [2.05, 4.69) is 81.4 Å². The van der Waals surface area contributed by atoms with Crippen LogP contribution in [-0.2, 0) is 4.79 Å². The number of aromatic nitrogens is 5. The highest BCUT2D eigenvalue weighted by Gasteiger charge is 2.19. The molecule has 0 spiro atoms. The number of pyridine rings is 1. The van der Waals surface area contributed by atoms with Crippen LogP contribution < -0.4 is 10.2 Å². The Kier molecular flexibility index (Phi) is 6.72. The Morgan fingerprint density at radius 3 is 2.71 bits per heavy atom. The van der Waals surface area contributed by atoms with Crippen LogP contribution >= 0.6 is 0 Å². The molecule has 2 N–H and O–H groups in total. The van der Waals surface area contributed by atoms with Gasteiger partial charge in [0.05, 0.1) is 6.21 Å². The lowest BCUT2D eigenvalue weighted by Gasteiger charge is -2.26. The number of anilines is 3. The maximum Gasteiger partial charge on any atom is 0.232 e. The first-order chi connectivity index (χ1) is 16.4. The van der Waals surface area contributed by atoms with E-state index < -0.39 is 0 Å². The van der Waals surface area contributed by atoms with Gasteiger partial charge in [0.1, 0.15) is 17.1 Å². The van der Waals surface area contributed by atoms with Crippen LogP contribution in [0.2, 0.25) is 0 Å². The summed E-state index contributed by atoms with van der Waals surface area (Å²) in [7, 11) is 0. The third-order valence-electron chi connectivity index (χ3n) is 5.60. The molecule has 34 heavy (non-hydrogen) atoms. The number of amides is 1. The Labute approximate surface area is 198 Å². The number of aryl methyl sites for hydroxylation is 2. The summed E-state index contributed by atoms with van der Waals surface area (Å²) in [4.78, 5) is 21.5. The standard InChI is InChI=1S/C25H30N8O/c1-6-32(14-16(2)3)19-7-8-20(18(5)12-19)28-23-22(13-26-15-34)31-33-24(29-30-25(23)33)21-11-17(4)9-10-27-21/h7-13,15-16,28,31H,6,14H2,1-5H3. The number of nitrogens with one attached hydrogen (secondary N) is 2. The number of fused-ring (bicyclic) bond motifs is 1. The smallest absolute Gasteiger partial charge is 0.232 e. The first-order valence-electron chi connectivity index (χ1n) is 11.4. The first-order valence-corrected chi connectivity index (χ1v) is 11.4. The van der Waals surface area contributed by atoms with Gasteiger partial charge in [0.15, 0.2) is 0 Å². The van der Waals surface area contributed by atoms with Crippen molar-refractivity contribution >= 4 is 35.3 Å². The van der Waals surface area contributed by atoms with Crippen molar-refractivity contribution in [3.05, 3.63) is 53.3 Å². The summed E-state index contributed by atoms with van der Waals surface area (Å²) in [6.07, 6.45) is 3.72. The fraction of sp³-hybridized carbons (Fsp3) is 0.320. The molecule has 0 aliphatic heterocycles. The Bertz CT molecular complexity index is 1330. The molecule has 0 atom stereocenters. The predicted octanol–water partition coefficient (Wildman–Crippen LogP) is 4.54. The van der Waals surface area contributed by atoms with Crippen molar-refractivity contribution < 1.29 is 4.79 Å². The van der Waals surface area contributed by atoms with E-state index in [4.69, 9.17) is 0 Å². The lowest BCUT2D eigenvalue weighted by Crippen LogP contribution is -2.27. The van der Waals surface area contributed by atoms with Gasteiger partial charge in [0.25, 0.3) is 0 Å².